The first-order valence-corrected chi connectivity index (χ1v) is 9.07. The van der Waals surface area contributed by atoms with E-state index < -0.39 is 37.3 Å². The number of benzene rings is 2. The van der Waals surface area contributed by atoms with Gasteiger partial charge in [0.2, 0.25) is 0 Å². The quantitative estimate of drug-likeness (QED) is 0.554. The summed E-state index contributed by atoms with van der Waals surface area (Å²) < 4.78 is 70.3. The van der Waals surface area contributed by atoms with Gasteiger partial charge < -0.3 is 4.74 Å². The summed E-state index contributed by atoms with van der Waals surface area (Å²) in [6.45, 7) is 5.12. The van der Waals surface area contributed by atoms with Crippen LogP contribution in [0.1, 0.15) is 18.1 Å². The second kappa shape index (κ2) is 7.50. The molecule has 2 aromatic rings. The fraction of sp³-hybridized carbons (Fsp3) is 0.176. The predicted octanol–water partition coefficient (Wildman–Crippen LogP) is 4.46. The molecule has 0 aliphatic heterocycles. The Morgan fingerprint density at radius 3 is 2.21 bits per heavy atom. The smallest absolute Gasteiger partial charge is 0.416 e. The van der Waals surface area contributed by atoms with Gasteiger partial charge in [-0.1, -0.05) is 6.58 Å². The molecule has 2 rings (SSSR count). The molecule has 0 radical (unpaired) electrons. The molecule has 0 aromatic heterocycles. The summed E-state index contributed by atoms with van der Waals surface area (Å²) in [5, 5.41) is 11.3. The van der Waals surface area contributed by atoms with Crippen LogP contribution in [0.2, 0.25) is 0 Å². The van der Waals surface area contributed by atoms with E-state index in [1.54, 1.807) is 0 Å². The zero-order chi connectivity index (χ0) is 21.3. The summed E-state index contributed by atoms with van der Waals surface area (Å²) >= 11 is 0. The third-order valence-corrected chi connectivity index (χ3v) is 5.09. The molecule has 0 bridgehead atoms. The fourth-order valence-electron chi connectivity index (χ4n) is 2.35. The van der Waals surface area contributed by atoms with Gasteiger partial charge in [-0.3, -0.25) is 14.8 Å². The Bertz CT molecular complexity index is 1030. The van der Waals surface area contributed by atoms with Crippen molar-refractivity contribution in [3.63, 3.8) is 0 Å². The zero-order valence-electron chi connectivity index (χ0n) is 14.7. The Morgan fingerprint density at radius 2 is 1.79 bits per heavy atom. The molecule has 7 nitrogen and oxygen atoms in total. The van der Waals surface area contributed by atoms with Gasteiger partial charge in [0.05, 0.1) is 23.2 Å². The van der Waals surface area contributed by atoms with Crippen LogP contribution < -0.4 is 9.46 Å². The Balaban J connectivity index is 2.51. The van der Waals surface area contributed by atoms with Crippen molar-refractivity contribution in [1.29, 1.82) is 0 Å². The van der Waals surface area contributed by atoms with Gasteiger partial charge in [0, 0.05) is 11.8 Å². The molecular formula is C17H15F3N2O5S. The second-order valence-corrected chi connectivity index (χ2v) is 7.39. The molecule has 28 heavy (non-hydrogen) atoms. The first-order valence-electron chi connectivity index (χ1n) is 7.59. The predicted molar refractivity (Wildman–Crippen MR) is 96.6 cm³/mol. The average Bonchev–Trinajstić information content (AvgIpc) is 2.59. The van der Waals surface area contributed by atoms with Gasteiger partial charge in [0.15, 0.2) is 0 Å². The SMILES string of the molecule is C=C(C)c1cc(OC)c(S(=O)(=O)Nc2ccc(C(F)(F)F)cc2)cc1[N+](=O)[O-]. The van der Waals surface area contributed by atoms with Crippen LogP contribution in [-0.2, 0) is 16.2 Å². The molecule has 2 aromatic carbocycles. The minimum atomic E-state index is -4.57. The fourth-order valence-corrected chi connectivity index (χ4v) is 3.58. The van der Waals surface area contributed by atoms with E-state index in [0.717, 1.165) is 18.2 Å². The Hall–Kier alpha value is -3.08. The van der Waals surface area contributed by atoms with Crippen molar-refractivity contribution in [2.45, 2.75) is 18.0 Å². The van der Waals surface area contributed by atoms with Gasteiger partial charge in [-0.15, -0.1) is 0 Å². The van der Waals surface area contributed by atoms with E-state index in [1.807, 2.05) is 0 Å². The number of hydrogen-bond acceptors (Lipinski definition) is 5. The van der Waals surface area contributed by atoms with Crippen molar-refractivity contribution in [3.05, 3.63) is 64.2 Å². The van der Waals surface area contributed by atoms with Crippen molar-refractivity contribution in [2.75, 3.05) is 11.8 Å². The lowest BCUT2D eigenvalue weighted by Crippen LogP contribution is -2.15. The number of nitrogens with zero attached hydrogens (tertiary/aromatic N) is 1. The van der Waals surface area contributed by atoms with Gasteiger partial charge in [-0.2, -0.15) is 13.2 Å². The normalized spacial score (nSPS) is 11.8. The average molecular weight is 416 g/mol. The number of halogens is 3. The maximum Gasteiger partial charge on any atom is 0.416 e. The van der Waals surface area contributed by atoms with Crippen molar-refractivity contribution in [1.82, 2.24) is 0 Å². The van der Waals surface area contributed by atoms with Crippen LogP contribution in [0.5, 0.6) is 5.75 Å². The molecule has 1 N–H and O–H groups in total. The summed E-state index contributed by atoms with van der Waals surface area (Å²) in [7, 11) is -3.21. The number of anilines is 1. The number of ether oxygens (including phenoxy) is 1. The number of methoxy groups -OCH3 is 1. The number of rotatable bonds is 6. The minimum Gasteiger partial charge on any atom is -0.495 e. The number of sulfonamides is 1. The van der Waals surface area contributed by atoms with Gasteiger partial charge in [-0.25, -0.2) is 8.42 Å². The van der Waals surface area contributed by atoms with Gasteiger partial charge in [0.1, 0.15) is 10.6 Å². The lowest BCUT2D eigenvalue weighted by Gasteiger charge is -2.14. The molecule has 0 aliphatic carbocycles. The van der Waals surface area contributed by atoms with Crippen LogP contribution >= 0.6 is 0 Å². The number of allylic oxidation sites excluding steroid dienone is 1. The van der Waals surface area contributed by atoms with Crippen LogP contribution in [0.4, 0.5) is 24.5 Å². The lowest BCUT2D eigenvalue weighted by molar-refractivity contribution is -0.385. The van der Waals surface area contributed by atoms with Crippen LogP contribution in [0.25, 0.3) is 5.57 Å². The van der Waals surface area contributed by atoms with E-state index in [-0.39, 0.29) is 17.0 Å². The van der Waals surface area contributed by atoms with Crippen LogP contribution in [0, 0.1) is 10.1 Å². The summed E-state index contributed by atoms with van der Waals surface area (Å²) in [5.74, 6) is -0.178. The molecule has 0 heterocycles. The highest BCUT2D eigenvalue weighted by Gasteiger charge is 2.31. The lowest BCUT2D eigenvalue weighted by atomic mass is 10.1. The molecule has 0 amide bonds. The Kier molecular flexibility index (Phi) is 5.69. The largest absolute Gasteiger partial charge is 0.495 e. The van der Waals surface area contributed by atoms with Crippen molar-refractivity contribution < 1.29 is 31.2 Å². The summed E-state index contributed by atoms with van der Waals surface area (Å²) in [5.41, 5.74) is -1.18. The van der Waals surface area contributed by atoms with Crippen molar-refractivity contribution in [3.8, 4) is 5.75 Å². The van der Waals surface area contributed by atoms with Crippen LogP contribution in [0.15, 0.2) is 47.9 Å². The number of nitrogens with one attached hydrogen (secondary N) is 1. The topological polar surface area (TPSA) is 98.5 Å². The van der Waals surface area contributed by atoms with Gasteiger partial charge >= 0.3 is 6.18 Å². The van der Waals surface area contributed by atoms with E-state index >= 15 is 0 Å². The molecule has 0 spiro atoms. The molecule has 0 fully saturated rings. The molecule has 0 saturated heterocycles. The standard InChI is InChI=1S/C17H15F3N2O5S/c1-10(2)13-8-15(27-3)16(9-14(13)22(23)24)28(25,26)21-12-6-4-11(5-7-12)17(18,19)20/h4-9,21H,1H2,2-3H3. The number of hydrogen-bond donors (Lipinski definition) is 1. The molecule has 0 saturated carbocycles. The van der Waals surface area contributed by atoms with Gasteiger partial charge in [0.25, 0.3) is 15.7 Å². The van der Waals surface area contributed by atoms with Crippen molar-refractivity contribution >= 4 is 27.0 Å². The van der Waals surface area contributed by atoms with E-state index in [0.29, 0.717) is 17.7 Å². The third-order valence-electron chi connectivity index (χ3n) is 3.69. The molecule has 0 atom stereocenters. The van der Waals surface area contributed by atoms with E-state index in [4.69, 9.17) is 4.74 Å². The molecular weight excluding hydrogens is 401 g/mol. The molecule has 150 valence electrons. The number of alkyl halides is 3. The highest BCUT2D eigenvalue weighted by Crippen LogP contribution is 2.36. The second-order valence-electron chi connectivity index (χ2n) is 5.74. The first-order chi connectivity index (χ1) is 12.9. The minimum absolute atomic E-state index is 0.0929. The maximum atomic E-state index is 12.7. The number of nitro groups is 1. The Labute approximate surface area is 158 Å². The number of nitro benzene ring substituents is 1. The maximum absolute atomic E-state index is 12.7. The summed E-state index contributed by atoms with van der Waals surface area (Å²) in [4.78, 5) is 10.00. The van der Waals surface area contributed by atoms with Crippen LogP contribution in [0.3, 0.4) is 0 Å². The molecule has 0 aliphatic rings. The van der Waals surface area contributed by atoms with Crippen LogP contribution in [-0.4, -0.2) is 20.5 Å². The Morgan fingerprint density at radius 1 is 1.21 bits per heavy atom. The van der Waals surface area contributed by atoms with E-state index in [9.17, 15) is 31.7 Å². The van der Waals surface area contributed by atoms with E-state index in [2.05, 4.69) is 11.3 Å². The third kappa shape index (κ3) is 4.42. The summed E-state index contributed by atoms with van der Waals surface area (Å²) in [6.07, 6.45) is -4.57. The highest BCUT2D eigenvalue weighted by atomic mass is 32.2. The zero-order valence-corrected chi connectivity index (χ0v) is 15.5. The summed E-state index contributed by atoms with van der Waals surface area (Å²) in [6, 6.07) is 5.27. The van der Waals surface area contributed by atoms with Crippen molar-refractivity contribution in [2.24, 2.45) is 0 Å². The highest BCUT2D eigenvalue weighted by molar-refractivity contribution is 7.92. The molecule has 0 unspecified atom stereocenters. The van der Waals surface area contributed by atoms with E-state index in [1.165, 1.54) is 20.1 Å². The first kappa shape index (κ1) is 21.2. The van der Waals surface area contributed by atoms with Gasteiger partial charge in [-0.05, 0) is 42.8 Å². The monoisotopic (exact) mass is 416 g/mol. The molecule has 11 heteroatoms.